The average Bonchev–Trinajstić information content (AvgIpc) is 3.18. The van der Waals surface area contributed by atoms with Crippen LogP contribution < -0.4 is 10.2 Å². The van der Waals surface area contributed by atoms with Gasteiger partial charge in [-0.25, -0.2) is 4.79 Å². The van der Waals surface area contributed by atoms with Crippen LogP contribution >= 0.6 is 15.9 Å². The molecule has 2 fully saturated rings. The third-order valence-corrected chi connectivity index (χ3v) is 7.55. The van der Waals surface area contributed by atoms with Crippen LogP contribution in [0.15, 0.2) is 83.3 Å². The molecule has 0 unspecified atom stereocenters. The van der Waals surface area contributed by atoms with E-state index in [1.54, 1.807) is 36.4 Å². The van der Waals surface area contributed by atoms with Gasteiger partial charge in [-0.15, -0.1) is 0 Å². The molecular formula is C29H25BrN2O5. The second-order valence-electron chi connectivity index (χ2n) is 9.32. The highest BCUT2D eigenvalue weighted by Crippen LogP contribution is 2.45. The Kier molecular flexibility index (Phi) is 7.19. The molecule has 3 atom stereocenters. The summed E-state index contributed by atoms with van der Waals surface area (Å²) in [5.74, 6) is -1.87. The topological polar surface area (TPSA) is 92.8 Å². The number of carbonyl (C=O) groups excluding carboxylic acids is 4. The summed E-state index contributed by atoms with van der Waals surface area (Å²) in [6, 6.07) is 23.3. The van der Waals surface area contributed by atoms with Crippen molar-refractivity contribution < 1.29 is 23.9 Å². The maximum atomic E-state index is 13.3. The molecule has 1 N–H and O–H groups in total. The highest BCUT2D eigenvalue weighted by Gasteiger charge is 2.50. The fourth-order valence-electron chi connectivity index (χ4n) is 5.15. The quantitative estimate of drug-likeness (QED) is 0.325. The predicted molar refractivity (Wildman–Crippen MR) is 142 cm³/mol. The molecule has 1 heterocycles. The Morgan fingerprint density at radius 3 is 2.24 bits per heavy atom. The number of esters is 1. The molecule has 0 bridgehead atoms. The highest BCUT2D eigenvalue weighted by atomic mass is 79.9. The third kappa shape index (κ3) is 5.34. The maximum Gasteiger partial charge on any atom is 0.338 e. The lowest BCUT2D eigenvalue weighted by atomic mass is 9.73. The minimum atomic E-state index is -0.670. The molecular weight excluding hydrogens is 536 g/mol. The van der Waals surface area contributed by atoms with E-state index in [-0.39, 0.29) is 35.1 Å². The average molecular weight is 561 g/mol. The smallest absolute Gasteiger partial charge is 0.338 e. The summed E-state index contributed by atoms with van der Waals surface area (Å²) in [5, 5.41) is 2.65. The number of amides is 3. The van der Waals surface area contributed by atoms with Crippen LogP contribution in [0.1, 0.15) is 41.1 Å². The summed E-state index contributed by atoms with van der Waals surface area (Å²) in [7, 11) is 0. The summed E-state index contributed by atoms with van der Waals surface area (Å²) in [6.07, 6.45) is 2.21. The zero-order valence-corrected chi connectivity index (χ0v) is 21.5. The first-order chi connectivity index (χ1) is 17.9. The van der Waals surface area contributed by atoms with Crippen molar-refractivity contribution in [2.24, 2.45) is 11.8 Å². The van der Waals surface area contributed by atoms with Crippen LogP contribution in [0.2, 0.25) is 0 Å². The first kappa shape index (κ1) is 24.9. The van der Waals surface area contributed by atoms with E-state index in [0.717, 1.165) is 10.9 Å². The lowest BCUT2D eigenvalue weighted by molar-refractivity contribution is -0.122. The van der Waals surface area contributed by atoms with Crippen molar-refractivity contribution in [3.63, 3.8) is 0 Å². The normalized spacial score (nSPS) is 20.9. The number of hydrogen-bond acceptors (Lipinski definition) is 5. The van der Waals surface area contributed by atoms with Crippen LogP contribution in [0.4, 0.5) is 11.4 Å². The Hall–Kier alpha value is -3.78. The summed E-state index contributed by atoms with van der Waals surface area (Å²) >= 11 is 3.32. The van der Waals surface area contributed by atoms with Gasteiger partial charge in [0.1, 0.15) is 0 Å². The molecule has 2 aliphatic rings. The minimum absolute atomic E-state index is 0.179. The number of ether oxygens (including phenoxy) is 1. The number of anilines is 2. The summed E-state index contributed by atoms with van der Waals surface area (Å²) in [6.45, 7) is -0.439. The van der Waals surface area contributed by atoms with Gasteiger partial charge in [-0.2, -0.15) is 0 Å². The van der Waals surface area contributed by atoms with E-state index in [4.69, 9.17) is 4.74 Å². The summed E-state index contributed by atoms with van der Waals surface area (Å²) < 4.78 is 6.00. The Labute approximate surface area is 222 Å². The molecule has 1 saturated carbocycles. The van der Waals surface area contributed by atoms with E-state index < -0.39 is 18.5 Å². The first-order valence-corrected chi connectivity index (χ1v) is 13.0. The largest absolute Gasteiger partial charge is 0.452 e. The molecule has 1 aliphatic carbocycles. The minimum Gasteiger partial charge on any atom is -0.452 e. The van der Waals surface area contributed by atoms with E-state index >= 15 is 0 Å². The zero-order chi connectivity index (χ0) is 25.9. The van der Waals surface area contributed by atoms with Crippen molar-refractivity contribution in [1.29, 1.82) is 0 Å². The monoisotopic (exact) mass is 560 g/mol. The van der Waals surface area contributed by atoms with Crippen LogP contribution in [-0.2, 0) is 19.1 Å². The van der Waals surface area contributed by atoms with Gasteiger partial charge in [-0.1, -0.05) is 46.3 Å². The lowest BCUT2D eigenvalue weighted by Crippen LogP contribution is -2.30. The standard InChI is InChI=1S/C29H25BrN2O5/c30-21-9-11-22(12-10-21)31-26(33)17-37-29(36)19-6-13-23(14-7-19)32-27(34)24-15-8-20(16-25(24)28(32)35)18-4-2-1-3-5-18/h1-7,9-14,20,24-25H,8,15-17H2,(H,31,33)/t20-,24-,25+/m1/s1. The number of imide groups is 1. The number of benzene rings is 3. The van der Waals surface area contributed by atoms with Gasteiger partial charge in [0.2, 0.25) is 11.8 Å². The Bertz CT molecular complexity index is 1320. The van der Waals surface area contributed by atoms with Gasteiger partial charge in [0, 0.05) is 10.2 Å². The van der Waals surface area contributed by atoms with Gasteiger partial charge in [0.05, 0.1) is 23.1 Å². The van der Waals surface area contributed by atoms with Gasteiger partial charge >= 0.3 is 5.97 Å². The number of rotatable bonds is 6. The lowest BCUT2D eigenvalue weighted by Gasteiger charge is -2.28. The molecule has 3 aromatic rings. The number of hydrogen-bond donors (Lipinski definition) is 1. The molecule has 0 aromatic heterocycles. The SMILES string of the molecule is O=C(COC(=O)c1ccc(N2C(=O)[C@H]3C[C@H](c4ccccc4)CC[C@H]3C2=O)cc1)Nc1ccc(Br)cc1. The van der Waals surface area contributed by atoms with Crippen molar-refractivity contribution >= 4 is 51.0 Å². The molecule has 3 aromatic carbocycles. The molecule has 0 radical (unpaired) electrons. The predicted octanol–water partition coefficient (Wildman–Crippen LogP) is 5.32. The fraction of sp³-hybridized carbons (Fsp3) is 0.241. The molecule has 188 valence electrons. The van der Waals surface area contributed by atoms with Gasteiger partial charge in [0.15, 0.2) is 6.61 Å². The number of nitrogens with zero attached hydrogens (tertiary/aromatic N) is 1. The van der Waals surface area contributed by atoms with Crippen molar-refractivity contribution in [2.75, 3.05) is 16.8 Å². The summed E-state index contributed by atoms with van der Waals surface area (Å²) in [4.78, 5) is 52.2. The maximum absolute atomic E-state index is 13.3. The first-order valence-electron chi connectivity index (χ1n) is 12.2. The Balaban J connectivity index is 1.20. The Morgan fingerprint density at radius 2 is 1.54 bits per heavy atom. The Morgan fingerprint density at radius 1 is 0.865 bits per heavy atom. The van der Waals surface area contributed by atoms with Crippen molar-refractivity contribution in [3.05, 3.63) is 94.5 Å². The highest BCUT2D eigenvalue weighted by molar-refractivity contribution is 9.10. The molecule has 5 rings (SSSR count). The van der Waals surface area contributed by atoms with Crippen LogP contribution in [0.3, 0.4) is 0 Å². The van der Waals surface area contributed by atoms with Crippen LogP contribution in [-0.4, -0.2) is 30.3 Å². The van der Waals surface area contributed by atoms with Crippen LogP contribution in [0.25, 0.3) is 0 Å². The molecule has 8 heteroatoms. The zero-order valence-electron chi connectivity index (χ0n) is 19.9. The number of fused-ring (bicyclic) bond motifs is 1. The fourth-order valence-corrected chi connectivity index (χ4v) is 5.42. The third-order valence-electron chi connectivity index (χ3n) is 7.02. The van der Waals surface area contributed by atoms with Gasteiger partial charge in [-0.05, 0) is 79.3 Å². The van der Waals surface area contributed by atoms with Gasteiger partial charge in [-0.3, -0.25) is 19.3 Å². The molecule has 1 saturated heterocycles. The summed E-state index contributed by atoms with van der Waals surface area (Å²) in [5.41, 5.74) is 2.45. The second-order valence-corrected chi connectivity index (χ2v) is 10.2. The van der Waals surface area contributed by atoms with Crippen LogP contribution in [0.5, 0.6) is 0 Å². The number of carbonyl (C=O) groups is 4. The molecule has 37 heavy (non-hydrogen) atoms. The van der Waals surface area contributed by atoms with Crippen molar-refractivity contribution in [3.8, 4) is 0 Å². The van der Waals surface area contributed by atoms with Gasteiger partial charge < -0.3 is 10.1 Å². The van der Waals surface area contributed by atoms with Crippen molar-refractivity contribution in [1.82, 2.24) is 0 Å². The van der Waals surface area contributed by atoms with Gasteiger partial charge in [0.25, 0.3) is 5.91 Å². The molecule has 3 amide bonds. The van der Waals surface area contributed by atoms with Crippen molar-refractivity contribution in [2.45, 2.75) is 25.2 Å². The molecule has 7 nitrogen and oxygen atoms in total. The van der Waals surface area contributed by atoms with Crippen LogP contribution in [0, 0.1) is 11.8 Å². The van der Waals surface area contributed by atoms with E-state index in [0.29, 0.717) is 24.2 Å². The second kappa shape index (κ2) is 10.7. The van der Waals surface area contributed by atoms with E-state index in [9.17, 15) is 19.2 Å². The van der Waals surface area contributed by atoms with E-state index in [1.165, 1.54) is 22.6 Å². The van der Waals surface area contributed by atoms with E-state index in [2.05, 4.69) is 33.4 Å². The number of nitrogens with one attached hydrogen (secondary N) is 1. The number of halogens is 1. The molecule has 0 spiro atoms. The molecule has 1 aliphatic heterocycles. The van der Waals surface area contributed by atoms with E-state index in [1.807, 2.05) is 18.2 Å².